The molecule has 3 nitrogen and oxygen atoms in total. The lowest BCUT2D eigenvalue weighted by molar-refractivity contribution is -0.123. The normalized spacial score (nSPS) is 11.7. The van der Waals surface area contributed by atoms with Crippen molar-refractivity contribution in [3.05, 3.63) is 65.2 Å². The summed E-state index contributed by atoms with van der Waals surface area (Å²) in [5.74, 6) is 0.526. The largest absolute Gasteiger partial charge is 0.484 e. The highest BCUT2D eigenvalue weighted by Crippen LogP contribution is 2.16. The summed E-state index contributed by atoms with van der Waals surface area (Å²) in [7, 11) is 0. The molecule has 0 heterocycles. The maximum Gasteiger partial charge on any atom is 0.258 e. The molecule has 104 valence electrons. The molecule has 0 spiro atoms. The van der Waals surface area contributed by atoms with Gasteiger partial charge in [-0.1, -0.05) is 41.9 Å². The van der Waals surface area contributed by atoms with Gasteiger partial charge in [0, 0.05) is 5.02 Å². The molecule has 0 saturated carbocycles. The molecule has 0 aromatic heterocycles. The molecule has 0 saturated heterocycles. The molecular formula is C16H16ClNO2. The van der Waals surface area contributed by atoms with Crippen molar-refractivity contribution >= 4 is 17.5 Å². The van der Waals surface area contributed by atoms with Crippen LogP contribution in [-0.2, 0) is 4.79 Å². The minimum atomic E-state index is -0.156. The first-order chi connectivity index (χ1) is 9.65. The van der Waals surface area contributed by atoms with Gasteiger partial charge in [-0.3, -0.25) is 4.79 Å². The topological polar surface area (TPSA) is 38.3 Å². The van der Waals surface area contributed by atoms with Crippen LogP contribution in [0.1, 0.15) is 18.5 Å². The molecule has 2 aromatic rings. The van der Waals surface area contributed by atoms with Gasteiger partial charge in [-0.2, -0.15) is 0 Å². The lowest BCUT2D eigenvalue weighted by Gasteiger charge is -2.14. The summed E-state index contributed by atoms with van der Waals surface area (Å²) < 4.78 is 5.39. The van der Waals surface area contributed by atoms with Gasteiger partial charge in [-0.15, -0.1) is 0 Å². The third-order valence-corrected chi connectivity index (χ3v) is 3.11. The van der Waals surface area contributed by atoms with Crippen LogP contribution in [-0.4, -0.2) is 12.5 Å². The molecule has 0 aliphatic rings. The van der Waals surface area contributed by atoms with Crippen molar-refractivity contribution in [1.82, 2.24) is 5.32 Å². The van der Waals surface area contributed by atoms with Crippen LogP contribution in [0, 0.1) is 0 Å². The molecule has 1 atom stereocenters. The van der Waals surface area contributed by atoms with Gasteiger partial charge in [0.05, 0.1) is 6.04 Å². The van der Waals surface area contributed by atoms with E-state index in [9.17, 15) is 4.79 Å². The Bertz CT molecular complexity index is 554. The molecule has 4 heteroatoms. The van der Waals surface area contributed by atoms with E-state index in [4.69, 9.17) is 16.3 Å². The summed E-state index contributed by atoms with van der Waals surface area (Å²) in [4.78, 5) is 11.8. The zero-order chi connectivity index (χ0) is 14.4. The van der Waals surface area contributed by atoms with E-state index in [1.54, 1.807) is 12.1 Å². The third kappa shape index (κ3) is 4.28. The Hall–Kier alpha value is -2.00. The lowest BCUT2D eigenvalue weighted by Crippen LogP contribution is -2.31. The van der Waals surface area contributed by atoms with E-state index in [1.807, 2.05) is 49.4 Å². The number of para-hydroxylation sites is 1. The first-order valence-electron chi connectivity index (χ1n) is 6.38. The zero-order valence-corrected chi connectivity index (χ0v) is 11.9. The Morgan fingerprint density at radius 3 is 2.45 bits per heavy atom. The second kappa shape index (κ2) is 6.96. The van der Waals surface area contributed by atoms with Gasteiger partial charge < -0.3 is 10.1 Å². The van der Waals surface area contributed by atoms with Gasteiger partial charge in [0.15, 0.2) is 6.61 Å². The van der Waals surface area contributed by atoms with Crippen LogP contribution >= 0.6 is 11.6 Å². The van der Waals surface area contributed by atoms with Crippen molar-refractivity contribution in [1.29, 1.82) is 0 Å². The first-order valence-corrected chi connectivity index (χ1v) is 6.75. The van der Waals surface area contributed by atoms with Crippen LogP contribution in [0.15, 0.2) is 54.6 Å². The van der Waals surface area contributed by atoms with Gasteiger partial charge in [0.2, 0.25) is 0 Å². The maximum absolute atomic E-state index is 11.8. The molecule has 0 bridgehead atoms. The quantitative estimate of drug-likeness (QED) is 0.913. The Morgan fingerprint density at radius 1 is 1.15 bits per heavy atom. The summed E-state index contributed by atoms with van der Waals surface area (Å²) >= 11 is 5.83. The van der Waals surface area contributed by atoms with Gasteiger partial charge >= 0.3 is 0 Å². The van der Waals surface area contributed by atoms with Crippen LogP contribution in [0.4, 0.5) is 0 Å². The Balaban J connectivity index is 1.83. The van der Waals surface area contributed by atoms with Crippen molar-refractivity contribution in [2.75, 3.05) is 6.61 Å². The van der Waals surface area contributed by atoms with E-state index >= 15 is 0 Å². The Kier molecular flexibility index (Phi) is 5.02. The number of hydrogen-bond donors (Lipinski definition) is 1. The van der Waals surface area contributed by atoms with Crippen molar-refractivity contribution in [2.24, 2.45) is 0 Å². The van der Waals surface area contributed by atoms with Crippen molar-refractivity contribution in [3.63, 3.8) is 0 Å². The molecule has 1 amide bonds. The van der Waals surface area contributed by atoms with E-state index in [-0.39, 0.29) is 18.6 Å². The van der Waals surface area contributed by atoms with Crippen LogP contribution in [0.3, 0.4) is 0 Å². The number of amides is 1. The SMILES string of the molecule is C[C@@H](NC(=O)COc1ccccc1)c1ccc(Cl)cc1. The number of benzene rings is 2. The highest BCUT2D eigenvalue weighted by Gasteiger charge is 2.09. The molecular weight excluding hydrogens is 274 g/mol. The van der Waals surface area contributed by atoms with E-state index in [2.05, 4.69) is 5.32 Å². The maximum atomic E-state index is 11.8. The molecule has 0 aliphatic carbocycles. The van der Waals surface area contributed by atoms with Crippen LogP contribution < -0.4 is 10.1 Å². The van der Waals surface area contributed by atoms with Gasteiger partial charge in [-0.25, -0.2) is 0 Å². The second-order valence-corrected chi connectivity index (χ2v) is 4.88. The fraction of sp³-hybridized carbons (Fsp3) is 0.188. The second-order valence-electron chi connectivity index (χ2n) is 4.44. The van der Waals surface area contributed by atoms with Crippen LogP contribution in [0.25, 0.3) is 0 Å². The molecule has 20 heavy (non-hydrogen) atoms. The zero-order valence-electron chi connectivity index (χ0n) is 11.2. The molecule has 0 radical (unpaired) electrons. The molecule has 1 N–H and O–H groups in total. The highest BCUT2D eigenvalue weighted by molar-refractivity contribution is 6.30. The predicted molar refractivity (Wildman–Crippen MR) is 79.9 cm³/mol. The summed E-state index contributed by atoms with van der Waals surface area (Å²) in [5, 5.41) is 3.56. The number of rotatable bonds is 5. The standard InChI is InChI=1S/C16H16ClNO2/c1-12(13-7-9-14(17)10-8-13)18-16(19)11-20-15-5-3-2-4-6-15/h2-10,12H,11H2,1H3,(H,18,19)/t12-/m1/s1. The fourth-order valence-corrected chi connectivity index (χ4v) is 1.91. The smallest absolute Gasteiger partial charge is 0.258 e. The number of carbonyl (C=O) groups excluding carboxylic acids is 1. The number of halogens is 1. The number of nitrogens with one attached hydrogen (secondary N) is 1. The molecule has 0 fully saturated rings. The average Bonchev–Trinajstić information content (AvgIpc) is 2.47. The summed E-state index contributed by atoms with van der Waals surface area (Å²) in [6.07, 6.45) is 0. The van der Waals surface area contributed by atoms with Gasteiger partial charge in [-0.05, 0) is 36.8 Å². The van der Waals surface area contributed by atoms with Crippen LogP contribution in [0.5, 0.6) is 5.75 Å². The molecule has 0 unspecified atom stereocenters. The molecule has 2 aromatic carbocycles. The van der Waals surface area contributed by atoms with E-state index in [0.717, 1.165) is 5.56 Å². The number of hydrogen-bond acceptors (Lipinski definition) is 2. The molecule has 2 rings (SSSR count). The van der Waals surface area contributed by atoms with Gasteiger partial charge in [0.1, 0.15) is 5.75 Å². The third-order valence-electron chi connectivity index (χ3n) is 2.86. The molecule has 0 aliphatic heterocycles. The van der Waals surface area contributed by atoms with E-state index in [0.29, 0.717) is 10.8 Å². The highest BCUT2D eigenvalue weighted by atomic mass is 35.5. The average molecular weight is 290 g/mol. The van der Waals surface area contributed by atoms with Crippen LogP contribution in [0.2, 0.25) is 5.02 Å². The summed E-state index contributed by atoms with van der Waals surface area (Å²) in [5.41, 5.74) is 1.00. The van der Waals surface area contributed by atoms with Gasteiger partial charge in [0.25, 0.3) is 5.91 Å². The van der Waals surface area contributed by atoms with E-state index < -0.39 is 0 Å². The predicted octanol–water partition coefficient (Wildman–Crippen LogP) is 3.60. The van der Waals surface area contributed by atoms with Crippen molar-refractivity contribution in [2.45, 2.75) is 13.0 Å². The van der Waals surface area contributed by atoms with E-state index in [1.165, 1.54) is 0 Å². The lowest BCUT2D eigenvalue weighted by atomic mass is 10.1. The fourth-order valence-electron chi connectivity index (χ4n) is 1.78. The summed E-state index contributed by atoms with van der Waals surface area (Å²) in [6.45, 7) is 1.92. The van der Waals surface area contributed by atoms with Crippen molar-refractivity contribution < 1.29 is 9.53 Å². The first kappa shape index (κ1) is 14.4. The number of carbonyl (C=O) groups is 1. The Labute approximate surface area is 123 Å². The number of ether oxygens (including phenoxy) is 1. The minimum Gasteiger partial charge on any atom is -0.484 e. The summed E-state index contributed by atoms with van der Waals surface area (Å²) in [6, 6.07) is 16.6. The monoisotopic (exact) mass is 289 g/mol. The van der Waals surface area contributed by atoms with Crippen molar-refractivity contribution in [3.8, 4) is 5.75 Å². The Morgan fingerprint density at radius 2 is 1.80 bits per heavy atom. The minimum absolute atomic E-state index is 0.00193.